The number of nitrogens with zero attached hydrogens (tertiary/aromatic N) is 3. The van der Waals surface area contributed by atoms with Crippen LogP contribution in [0.3, 0.4) is 0 Å². The van der Waals surface area contributed by atoms with Crippen LogP contribution in [-0.4, -0.2) is 33.2 Å². The first-order chi connectivity index (χ1) is 13.1. The topological polar surface area (TPSA) is 112 Å². The minimum Gasteiger partial charge on any atom is -0.462 e. The number of nitrogen functional groups attached to an aromatic ring is 1. The molecule has 8 nitrogen and oxygen atoms in total. The standard InChI is InChI=1S/C19H19N5O3/c1-2-27-19(26)16-12-23-24(17(16)20)15-7-5-14(6-8-15)18(25)22-11-13-4-3-9-21-10-13/h3-10,12H,2,11,20H2,1H3,(H,22,25). The number of amides is 1. The van der Waals surface area contributed by atoms with Gasteiger partial charge in [0.2, 0.25) is 0 Å². The Bertz CT molecular complexity index is 936. The normalized spacial score (nSPS) is 10.4. The summed E-state index contributed by atoms with van der Waals surface area (Å²) in [5, 5.41) is 6.95. The van der Waals surface area contributed by atoms with E-state index in [1.54, 1.807) is 43.6 Å². The summed E-state index contributed by atoms with van der Waals surface area (Å²) in [4.78, 5) is 28.1. The van der Waals surface area contributed by atoms with Gasteiger partial charge < -0.3 is 15.8 Å². The Morgan fingerprint density at radius 2 is 1.96 bits per heavy atom. The third-order valence-electron chi connectivity index (χ3n) is 3.85. The maximum atomic E-state index is 12.3. The fourth-order valence-corrected chi connectivity index (χ4v) is 2.47. The lowest BCUT2D eigenvalue weighted by Gasteiger charge is -2.08. The predicted molar refractivity (Wildman–Crippen MR) is 99.3 cm³/mol. The molecule has 0 radical (unpaired) electrons. The number of nitrogens with one attached hydrogen (secondary N) is 1. The Morgan fingerprint density at radius 3 is 2.63 bits per heavy atom. The number of nitrogens with two attached hydrogens (primary N) is 1. The number of hydrogen-bond acceptors (Lipinski definition) is 6. The summed E-state index contributed by atoms with van der Waals surface area (Å²) in [5.74, 6) is -0.541. The van der Waals surface area contributed by atoms with Crippen LogP contribution in [-0.2, 0) is 11.3 Å². The molecule has 0 fully saturated rings. The highest BCUT2D eigenvalue weighted by Gasteiger charge is 2.17. The van der Waals surface area contributed by atoms with Crippen molar-refractivity contribution in [3.05, 3.63) is 71.7 Å². The van der Waals surface area contributed by atoms with Crippen LogP contribution in [0.4, 0.5) is 5.82 Å². The van der Waals surface area contributed by atoms with Gasteiger partial charge in [0, 0.05) is 24.5 Å². The van der Waals surface area contributed by atoms with E-state index in [0.29, 0.717) is 17.8 Å². The van der Waals surface area contributed by atoms with Gasteiger partial charge in [-0.3, -0.25) is 9.78 Å². The van der Waals surface area contributed by atoms with Crippen LogP contribution in [0.5, 0.6) is 0 Å². The van der Waals surface area contributed by atoms with Crippen molar-refractivity contribution in [3.8, 4) is 5.69 Å². The van der Waals surface area contributed by atoms with E-state index in [-0.39, 0.29) is 23.9 Å². The van der Waals surface area contributed by atoms with Crippen molar-refractivity contribution >= 4 is 17.7 Å². The molecular weight excluding hydrogens is 346 g/mol. The summed E-state index contributed by atoms with van der Waals surface area (Å²) in [6.45, 7) is 2.37. The van der Waals surface area contributed by atoms with Crippen molar-refractivity contribution in [2.24, 2.45) is 0 Å². The fraction of sp³-hybridized carbons (Fsp3) is 0.158. The third-order valence-corrected chi connectivity index (χ3v) is 3.85. The SMILES string of the molecule is CCOC(=O)c1cnn(-c2ccc(C(=O)NCc3cccnc3)cc2)c1N. The molecule has 3 N–H and O–H groups in total. The first-order valence-electron chi connectivity index (χ1n) is 8.38. The van der Waals surface area contributed by atoms with Crippen molar-refractivity contribution in [1.82, 2.24) is 20.1 Å². The Kier molecular flexibility index (Phi) is 5.46. The summed E-state index contributed by atoms with van der Waals surface area (Å²) >= 11 is 0. The quantitative estimate of drug-likeness (QED) is 0.646. The molecule has 0 aliphatic rings. The number of hydrogen-bond donors (Lipinski definition) is 2. The number of benzene rings is 1. The number of rotatable bonds is 6. The first-order valence-corrected chi connectivity index (χ1v) is 8.38. The van der Waals surface area contributed by atoms with Crippen LogP contribution in [0.25, 0.3) is 5.69 Å². The first kappa shape index (κ1) is 18.1. The van der Waals surface area contributed by atoms with E-state index in [2.05, 4.69) is 15.4 Å². The van der Waals surface area contributed by atoms with Gasteiger partial charge in [-0.2, -0.15) is 5.10 Å². The van der Waals surface area contributed by atoms with E-state index in [1.807, 2.05) is 12.1 Å². The maximum Gasteiger partial charge on any atom is 0.343 e. The second kappa shape index (κ2) is 8.13. The molecule has 0 atom stereocenters. The number of anilines is 1. The van der Waals surface area contributed by atoms with Gasteiger partial charge in [0.05, 0.1) is 18.5 Å². The molecule has 1 aromatic carbocycles. The minimum absolute atomic E-state index is 0.183. The van der Waals surface area contributed by atoms with Gasteiger partial charge in [0.25, 0.3) is 5.91 Å². The molecule has 1 amide bonds. The van der Waals surface area contributed by atoms with Crippen LogP contribution in [0, 0.1) is 0 Å². The van der Waals surface area contributed by atoms with Gasteiger partial charge in [-0.1, -0.05) is 6.07 Å². The van der Waals surface area contributed by atoms with Crippen LogP contribution >= 0.6 is 0 Å². The highest BCUT2D eigenvalue weighted by atomic mass is 16.5. The lowest BCUT2D eigenvalue weighted by Crippen LogP contribution is -2.22. The Labute approximate surface area is 156 Å². The van der Waals surface area contributed by atoms with Crippen molar-refractivity contribution in [1.29, 1.82) is 0 Å². The summed E-state index contributed by atoms with van der Waals surface area (Å²) in [7, 11) is 0. The molecular formula is C19H19N5O3. The summed E-state index contributed by atoms with van der Waals surface area (Å²) in [6, 6.07) is 10.4. The summed E-state index contributed by atoms with van der Waals surface area (Å²) < 4.78 is 6.36. The lowest BCUT2D eigenvalue weighted by molar-refractivity contribution is 0.0527. The van der Waals surface area contributed by atoms with Crippen LogP contribution in [0.1, 0.15) is 33.2 Å². The maximum absolute atomic E-state index is 12.3. The van der Waals surface area contributed by atoms with Crippen LogP contribution in [0.15, 0.2) is 55.0 Å². The largest absolute Gasteiger partial charge is 0.462 e. The van der Waals surface area contributed by atoms with Crippen LogP contribution in [0.2, 0.25) is 0 Å². The molecule has 0 saturated heterocycles. The number of carbonyl (C=O) groups is 2. The molecule has 3 rings (SSSR count). The van der Waals surface area contributed by atoms with Gasteiger partial charge >= 0.3 is 5.97 Å². The zero-order chi connectivity index (χ0) is 19.2. The molecule has 3 aromatic rings. The number of ether oxygens (including phenoxy) is 1. The van der Waals surface area contributed by atoms with Gasteiger partial charge in [-0.15, -0.1) is 0 Å². The van der Waals surface area contributed by atoms with Crippen LogP contribution < -0.4 is 11.1 Å². The van der Waals surface area contributed by atoms with Crippen molar-refractivity contribution in [3.63, 3.8) is 0 Å². The smallest absolute Gasteiger partial charge is 0.343 e. The molecule has 2 heterocycles. The van der Waals surface area contributed by atoms with Gasteiger partial charge in [0.15, 0.2) is 0 Å². The molecule has 0 saturated carbocycles. The van der Waals surface area contributed by atoms with E-state index in [1.165, 1.54) is 10.9 Å². The fourth-order valence-electron chi connectivity index (χ4n) is 2.47. The highest BCUT2D eigenvalue weighted by molar-refractivity contribution is 5.95. The second-order valence-corrected chi connectivity index (χ2v) is 5.67. The lowest BCUT2D eigenvalue weighted by atomic mass is 10.2. The van der Waals surface area contributed by atoms with E-state index in [4.69, 9.17) is 10.5 Å². The average Bonchev–Trinajstić information content (AvgIpc) is 3.08. The predicted octanol–water partition coefficient (Wildman–Crippen LogP) is 1.96. The van der Waals surface area contributed by atoms with E-state index >= 15 is 0 Å². The molecule has 0 spiro atoms. The molecule has 0 unspecified atom stereocenters. The highest BCUT2D eigenvalue weighted by Crippen LogP contribution is 2.18. The van der Waals surface area contributed by atoms with Gasteiger partial charge in [-0.05, 0) is 42.8 Å². The summed E-state index contributed by atoms with van der Waals surface area (Å²) in [6.07, 6.45) is 4.74. The Hall–Kier alpha value is -3.68. The van der Waals surface area contributed by atoms with E-state index in [9.17, 15) is 9.59 Å². The summed E-state index contributed by atoms with van der Waals surface area (Å²) in [5.41, 5.74) is 8.24. The number of carbonyl (C=O) groups excluding carboxylic acids is 2. The average molecular weight is 365 g/mol. The number of esters is 1. The zero-order valence-corrected chi connectivity index (χ0v) is 14.8. The van der Waals surface area contributed by atoms with Gasteiger partial charge in [0.1, 0.15) is 11.4 Å². The van der Waals surface area contributed by atoms with Crippen molar-refractivity contribution in [2.75, 3.05) is 12.3 Å². The molecule has 0 bridgehead atoms. The van der Waals surface area contributed by atoms with E-state index in [0.717, 1.165) is 5.56 Å². The Balaban J connectivity index is 1.70. The third kappa shape index (κ3) is 4.12. The van der Waals surface area contributed by atoms with Crippen molar-refractivity contribution in [2.45, 2.75) is 13.5 Å². The monoisotopic (exact) mass is 365 g/mol. The molecule has 138 valence electrons. The molecule has 0 aliphatic heterocycles. The van der Waals surface area contributed by atoms with Crippen molar-refractivity contribution < 1.29 is 14.3 Å². The molecule has 0 aliphatic carbocycles. The minimum atomic E-state index is -0.521. The second-order valence-electron chi connectivity index (χ2n) is 5.67. The number of pyridine rings is 1. The van der Waals surface area contributed by atoms with E-state index < -0.39 is 5.97 Å². The molecule has 27 heavy (non-hydrogen) atoms. The Morgan fingerprint density at radius 1 is 1.19 bits per heavy atom. The van der Waals surface area contributed by atoms with Gasteiger partial charge in [-0.25, -0.2) is 9.48 Å². The molecule has 2 aromatic heterocycles. The molecule has 8 heteroatoms. The number of aromatic nitrogens is 3. The zero-order valence-electron chi connectivity index (χ0n) is 14.8.